The van der Waals surface area contributed by atoms with Gasteiger partial charge in [0.2, 0.25) is 16.1 Å². The van der Waals surface area contributed by atoms with E-state index in [1.165, 1.54) is 30.3 Å². The number of aliphatic hydroxyl groups is 1. The molecule has 6 nitrogen and oxygen atoms in total. The third kappa shape index (κ3) is 4.52. The first-order valence-corrected chi connectivity index (χ1v) is 11.1. The number of fused-ring (bicyclic) bond motifs is 1. The molecule has 4 rings (SSSR count). The van der Waals surface area contributed by atoms with E-state index < -0.39 is 50.2 Å². The SMILES string of the molecule is O=C(Nc1ccccc1C(F)(F)F)c1ccc2c(c1)C=C(S(=O)(=O)c1ccc(F)cc1)C(O)O2. The summed E-state index contributed by atoms with van der Waals surface area (Å²) in [6.45, 7) is 0. The summed E-state index contributed by atoms with van der Waals surface area (Å²) < 4.78 is 83.8. The Bertz CT molecular complexity index is 1400. The Kier molecular flexibility index (Phi) is 5.92. The van der Waals surface area contributed by atoms with E-state index in [1.807, 2.05) is 0 Å². The van der Waals surface area contributed by atoms with Crippen LogP contribution in [0, 0.1) is 5.82 Å². The van der Waals surface area contributed by atoms with Gasteiger partial charge >= 0.3 is 6.18 Å². The maximum Gasteiger partial charge on any atom is 0.418 e. The summed E-state index contributed by atoms with van der Waals surface area (Å²) in [6, 6.07) is 12.1. The highest BCUT2D eigenvalue weighted by Gasteiger charge is 2.34. The zero-order chi connectivity index (χ0) is 24.7. The number of benzene rings is 3. The van der Waals surface area contributed by atoms with Crippen molar-refractivity contribution in [3.05, 3.63) is 94.1 Å². The number of rotatable bonds is 4. The van der Waals surface area contributed by atoms with Gasteiger partial charge in [-0.2, -0.15) is 13.2 Å². The summed E-state index contributed by atoms with van der Waals surface area (Å²) in [5.74, 6) is -1.47. The van der Waals surface area contributed by atoms with Crippen LogP contribution >= 0.6 is 0 Å². The number of amides is 1. The van der Waals surface area contributed by atoms with E-state index >= 15 is 0 Å². The van der Waals surface area contributed by atoms with Gasteiger partial charge in [-0.1, -0.05) is 12.1 Å². The maximum absolute atomic E-state index is 13.2. The molecule has 0 bridgehead atoms. The number of para-hydroxylation sites is 1. The molecule has 3 aromatic rings. The molecule has 1 unspecified atom stereocenters. The zero-order valence-corrected chi connectivity index (χ0v) is 17.8. The van der Waals surface area contributed by atoms with Crippen molar-refractivity contribution in [1.29, 1.82) is 0 Å². The van der Waals surface area contributed by atoms with Gasteiger partial charge in [-0.15, -0.1) is 0 Å². The maximum atomic E-state index is 13.2. The molecule has 0 spiro atoms. The molecule has 3 aromatic carbocycles. The molecule has 11 heteroatoms. The lowest BCUT2D eigenvalue weighted by atomic mass is 10.1. The molecular weight excluding hydrogens is 478 g/mol. The van der Waals surface area contributed by atoms with Crippen LogP contribution in [0.1, 0.15) is 21.5 Å². The van der Waals surface area contributed by atoms with Gasteiger partial charge in [-0.25, -0.2) is 12.8 Å². The fourth-order valence-electron chi connectivity index (χ4n) is 3.31. The Labute approximate surface area is 191 Å². The first kappa shape index (κ1) is 23.5. The predicted octanol–water partition coefficient (Wildman–Crippen LogP) is 4.62. The van der Waals surface area contributed by atoms with Gasteiger partial charge in [0.1, 0.15) is 16.5 Å². The lowest BCUT2D eigenvalue weighted by Gasteiger charge is -2.23. The Morgan fingerprint density at radius 2 is 1.68 bits per heavy atom. The third-order valence-electron chi connectivity index (χ3n) is 4.97. The van der Waals surface area contributed by atoms with Gasteiger partial charge in [-0.05, 0) is 60.7 Å². The molecule has 1 atom stereocenters. The summed E-state index contributed by atoms with van der Waals surface area (Å²) in [4.78, 5) is 11.8. The number of hydrogen-bond donors (Lipinski definition) is 2. The number of nitrogens with one attached hydrogen (secondary N) is 1. The summed E-state index contributed by atoms with van der Waals surface area (Å²) in [7, 11) is -4.28. The van der Waals surface area contributed by atoms with Crippen LogP contribution in [0.2, 0.25) is 0 Å². The van der Waals surface area contributed by atoms with Gasteiger partial charge in [0.25, 0.3) is 5.91 Å². The lowest BCUT2D eigenvalue weighted by molar-refractivity contribution is -0.136. The minimum atomic E-state index is -4.68. The van der Waals surface area contributed by atoms with E-state index in [9.17, 15) is 35.9 Å². The molecule has 1 aliphatic rings. The van der Waals surface area contributed by atoms with Gasteiger partial charge in [-0.3, -0.25) is 4.79 Å². The molecule has 0 saturated carbocycles. The van der Waals surface area contributed by atoms with Gasteiger partial charge in [0, 0.05) is 11.1 Å². The fraction of sp³-hybridized carbons (Fsp3) is 0.0870. The second-order valence-electron chi connectivity index (χ2n) is 7.22. The molecule has 0 saturated heterocycles. The van der Waals surface area contributed by atoms with Crippen LogP contribution in [0.25, 0.3) is 6.08 Å². The quantitative estimate of drug-likeness (QED) is 0.409. The fourth-order valence-corrected chi connectivity index (χ4v) is 4.67. The van der Waals surface area contributed by atoms with E-state index in [-0.39, 0.29) is 21.8 Å². The molecule has 34 heavy (non-hydrogen) atoms. The standard InChI is InChI=1S/C23H15F4NO5S/c24-15-6-8-16(9-7-15)34(31,32)20-12-14-11-13(5-10-19(14)33-22(20)30)21(29)28-18-4-2-1-3-17(18)23(25,26)27/h1-12,22,30H,(H,28,29). The van der Waals surface area contributed by atoms with E-state index in [1.54, 1.807) is 0 Å². The number of ether oxygens (including phenoxy) is 1. The number of carbonyl (C=O) groups is 1. The van der Waals surface area contributed by atoms with Crippen LogP contribution in [0.5, 0.6) is 5.75 Å². The zero-order valence-electron chi connectivity index (χ0n) is 17.0. The Hall–Kier alpha value is -3.70. The van der Waals surface area contributed by atoms with Crippen molar-refractivity contribution >= 4 is 27.5 Å². The van der Waals surface area contributed by atoms with E-state index in [0.717, 1.165) is 42.5 Å². The van der Waals surface area contributed by atoms with Crippen molar-refractivity contribution in [3.63, 3.8) is 0 Å². The van der Waals surface area contributed by atoms with Gasteiger partial charge in [0.05, 0.1) is 16.1 Å². The minimum absolute atomic E-state index is 0.0535. The average Bonchev–Trinajstić information content (AvgIpc) is 2.78. The molecule has 1 heterocycles. The second kappa shape index (κ2) is 8.58. The molecule has 0 fully saturated rings. The Balaban J connectivity index is 1.68. The van der Waals surface area contributed by atoms with Crippen LogP contribution in [-0.4, -0.2) is 25.7 Å². The van der Waals surface area contributed by atoms with E-state index in [2.05, 4.69) is 5.32 Å². The van der Waals surface area contributed by atoms with Crippen molar-refractivity contribution in [3.8, 4) is 5.75 Å². The summed E-state index contributed by atoms with van der Waals surface area (Å²) in [5.41, 5.74) is -1.45. The molecule has 0 aliphatic carbocycles. The highest BCUT2D eigenvalue weighted by atomic mass is 32.2. The van der Waals surface area contributed by atoms with E-state index in [0.29, 0.717) is 0 Å². The van der Waals surface area contributed by atoms with E-state index in [4.69, 9.17) is 4.74 Å². The van der Waals surface area contributed by atoms with Crippen molar-refractivity contribution in [2.24, 2.45) is 0 Å². The number of anilines is 1. The van der Waals surface area contributed by atoms with Crippen LogP contribution in [0.3, 0.4) is 0 Å². The first-order chi connectivity index (χ1) is 16.0. The van der Waals surface area contributed by atoms with Crippen LogP contribution in [0.15, 0.2) is 76.5 Å². The molecule has 176 valence electrons. The lowest BCUT2D eigenvalue weighted by Crippen LogP contribution is -2.27. The molecule has 0 aromatic heterocycles. The minimum Gasteiger partial charge on any atom is -0.459 e. The number of carbonyl (C=O) groups excluding carboxylic acids is 1. The molecule has 0 radical (unpaired) electrons. The molecule has 1 amide bonds. The number of halogens is 4. The van der Waals surface area contributed by atoms with Crippen LogP contribution < -0.4 is 10.1 Å². The topological polar surface area (TPSA) is 92.7 Å². The number of aliphatic hydroxyl groups excluding tert-OH is 1. The smallest absolute Gasteiger partial charge is 0.418 e. The van der Waals surface area contributed by atoms with Crippen LogP contribution in [-0.2, 0) is 16.0 Å². The summed E-state index contributed by atoms with van der Waals surface area (Å²) in [6.07, 6.45) is -5.46. The van der Waals surface area contributed by atoms with Crippen LogP contribution in [0.4, 0.5) is 23.2 Å². The normalized spacial score (nSPS) is 15.7. The number of hydrogen-bond acceptors (Lipinski definition) is 5. The number of sulfone groups is 1. The number of alkyl halides is 3. The largest absolute Gasteiger partial charge is 0.459 e. The molecule has 1 aliphatic heterocycles. The molecular formula is C23H15F4NO5S. The van der Waals surface area contributed by atoms with Gasteiger partial charge < -0.3 is 15.2 Å². The van der Waals surface area contributed by atoms with Crippen molar-refractivity contribution < 1.29 is 40.6 Å². The Morgan fingerprint density at radius 1 is 1.00 bits per heavy atom. The van der Waals surface area contributed by atoms with Gasteiger partial charge in [0.15, 0.2) is 0 Å². The summed E-state index contributed by atoms with van der Waals surface area (Å²) in [5, 5.41) is 12.4. The highest BCUT2D eigenvalue weighted by Crippen LogP contribution is 2.36. The average molecular weight is 493 g/mol. The van der Waals surface area contributed by atoms with Crippen molar-refractivity contribution in [2.75, 3.05) is 5.32 Å². The Morgan fingerprint density at radius 3 is 2.35 bits per heavy atom. The molecule has 2 N–H and O–H groups in total. The first-order valence-electron chi connectivity index (χ1n) is 9.65. The highest BCUT2D eigenvalue weighted by molar-refractivity contribution is 7.95. The predicted molar refractivity (Wildman–Crippen MR) is 114 cm³/mol. The second-order valence-corrected chi connectivity index (χ2v) is 9.17. The summed E-state index contributed by atoms with van der Waals surface area (Å²) >= 11 is 0. The van der Waals surface area contributed by atoms with Crippen molar-refractivity contribution in [1.82, 2.24) is 0 Å². The monoisotopic (exact) mass is 493 g/mol. The van der Waals surface area contributed by atoms with Crippen molar-refractivity contribution in [2.45, 2.75) is 17.4 Å². The third-order valence-corrected chi connectivity index (χ3v) is 6.80.